The van der Waals surface area contributed by atoms with E-state index in [4.69, 9.17) is 0 Å². The molecule has 4 heteroatoms. The molecular weight excluding hydrogens is 219 g/mol. The number of carbonyl (C=O) groups is 1. The number of nitrogens with one attached hydrogen (secondary N) is 2. The lowest BCUT2D eigenvalue weighted by Crippen LogP contribution is -2.47. The van der Waals surface area contributed by atoms with E-state index in [1.54, 1.807) is 19.1 Å². The highest BCUT2D eigenvalue weighted by atomic mass is 19.1. The molecule has 0 aliphatic rings. The number of benzene rings is 1. The molecule has 94 valence electrons. The van der Waals surface area contributed by atoms with Gasteiger partial charge in [-0.1, -0.05) is 0 Å². The Morgan fingerprint density at radius 3 is 2.24 bits per heavy atom. The van der Waals surface area contributed by atoms with Gasteiger partial charge in [-0.25, -0.2) is 4.39 Å². The smallest absolute Gasteiger partial charge is 0.242 e. The largest absolute Gasteiger partial charge is 0.374 e. The van der Waals surface area contributed by atoms with Crippen molar-refractivity contribution in [2.75, 3.05) is 5.32 Å². The predicted molar refractivity (Wildman–Crippen MR) is 67.4 cm³/mol. The number of carbonyl (C=O) groups excluding carboxylic acids is 1. The summed E-state index contributed by atoms with van der Waals surface area (Å²) in [4.78, 5) is 11.8. The number of rotatable bonds is 3. The highest BCUT2D eigenvalue weighted by Crippen LogP contribution is 2.10. The lowest BCUT2D eigenvalue weighted by molar-refractivity contribution is -0.122. The summed E-state index contributed by atoms with van der Waals surface area (Å²) < 4.78 is 12.7. The number of hydrogen-bond donors (Lipinski definition) is 2. The summed E-state index contributed by atoms with van der Waals surface area (Å²) in [5.74, 6) is -0.371. The fourth-order valence-corrected chi connectivity index (χ4v) is 1.34. The number of anilines is 1. The normalized spacial score (nSPS) is 13.0. The highest BCUT2D eigenvalue weighted by Gasteiger charge is 2.18. The topological polar surface area (TPSA) is 41.1 Å². The van der Waals surface area contributed by atoms with Crippen LogP contribution in [-0.4, -0.2) is 17.5 Å². The van der Waals surface area contributed by atoms with Crippen LogP contribution < -0.4 is 10.6 Å². The molecule has 17 heavy (non-hydrogen) atoms. The molecular formula is C13H19FN2O. The monoisotopic (exact) mass is 238 g/mol. The maximum Gasteiger partial charge on any atom is 0.242 e. The molecule has 0 saturated heterocycles. The van der Waals surface area contributed by atoms with Crippen molar-refractivity contribution in [1.29, 1.82) is 0 Å². The fourth-order valence-electron chi connectivity index (χ4n) is 1.34. The Kier molecular flexibility index (Phi) is 4.10. The van der Waals surface area contributed by atoms with E-state index in [0.717, 1.165) is 5.69 Å². The molecule has 0 aliphatic carbocycles. The highest BCUT2D eigenvalue weighted by molar-refractivity contribution is 5.84. The van der Waals surface area contributed by atoms with Crippen LogP contribution in [0.2, 0.25) is 0 Å². The van der Waals surface area contributed by atoms with Crippen LogP contribution in [0.25, 0.3) is 0 Å². The zero-order chi connectivity index (χ0) is 13.1. The Hall–Kier alpha value is -1.58. The maximum absolute atomic E-state index is 12.7. The van der Waals surface area contributed by atoms with Gasteiger partial charge in [-0.3, -0.25) is 4.79 Å². The molecule has 0 heterocycles. The van der Waals surface area contributed by atoms with Gasteiger partial charge in [-0.2, -0.15) is 0 Å². The van der Waals surface area contributed by atoms with Crippen molar-refractivity contribution < 1.29 is 9.18 Å². The average molecular weight is 238 g/mol. The molecule has 1 aromatic carbocycles. The van der Waals surface area contributed by atoms with E-state index in [0.29, 0.717) is 0 Å². The molecule has 1 rings (SSSR count). The first-order valence-corrected chi connectivity index (χ1v) is 5.62. The molecule has 0 fully saturated rings. The minimum atomic E-state index is -0.361. The molecule has 1 atom stereocenters. The van der Waals surface area contributed by atoms with Gasteiger partial charge in [0.1, 0.15) is 11.9 Å². The first kappa shape index (κ1) is 13.5. The standard InChI is InChI=1S/C13H19FN2O/c1-9(12(17)16-13(2,3)4)15-11-7-5-10(14)6-8-11/h5-9,15H,1-4H3,(H,16,17). The van der Waals surface area contributed by atoms with E-state index < -0.39 is 0 Å². The first-order valence-electron chi connectivity index (χ1n) is 5.62. The van der Waals surface area contributed by atoms with Gasteiger partial charge in [0, 0.05) is 11.2 Å². The third kappa shape index (κ3) is 4.85. The van der Waals surface area contributed by atoms with Gasteiger partial charge in [-0.05, 0) is 52.0 Å². The Morgan fingerprint density at radius 2 is 1.76 bits per heavy atom. The zero-order valence-corrected chi connectivity index (χ0v) is 10.7. The molecule has 0 spiro atoms. The Labute approximate surface area is 101 Å². The number of hydrogen-bond acceptors (Lipinski definition) is 2. The van der Waals surface area contributed by atoms with Gasteiger partial charge in [-0.15, -0.1) is 0 Å². The van der Waals surface area contributed by atoms with Crippen molar-refractivity contribution in [2.24, 2.45) is 0 Å². The molecule has 0 radical (unpaired) electrons. The van der Waals surface area contributed by atoms with E-state index in [1.165, 1.54) is 12.1 Å². The van der Waals surface area contributed by atoms with Crippen LogP contribution in [-0.2, 0) is 4.79 Å². The van der Waals surface area contributed by atoms with E-state index in [-0.39, 0.29) is 23.3 Å². The minimum absolute atomic E-state index is 0.0816. The quantitative estimate of drug-likeness (QED) is 0.849. The van der Waals surface area contributed by atoms with E-state index >= 15 is 0 Å². The molecule has 3 nitrogen and oxygen atoms in total. The van der Waals surface area contributed by atoms with Crippen LogP contribution in [0.4, 0.5) is 10.1 Å². The summed E-state index contributed by atoms with van der Waals surface area (Å²) in [7, 11) is 0. The summed E-state index contributed by atoms with van der Waals surface area (Å²) >= 11 is 0. The van der Waals surface area contributed by atoms with Crippen molar-refractivity contribution >= 4 is 11.6 Å². The summed E-state index contributed by atoms with van der Waals surface area (Å²) in [6, 6.07) is 5.57. The van der Waals surface area contributed by atoms with Crippen molar-refractivity contribution in [3.8, 4) is 0 Å². The molecule has 0 aliphatic heterocycles. The van der Waals surface area contributed by atoms with E-state index in [2.05, 4.69) is 10.6 Å². The molecule has 1 amide bonds. The van der Waals surface area contributed by atoms with Crippen molar-refractivity contribution in [3.05, 3.63) is 30.1 Å². The summed E-state index contributed by atoms with van der Waals surface area (Å²) in [6.45, 7) is 7.55. The first-order chi connectivity index (χ1) is 7.78. The van der Waals surface area contributed by atoms with E-state index in [1.807, 2.05) is 20.8 Å². The average Bonchev–Trinajstić information content (AvgIpc) is 2.19. The molecule has 0 saturated carbocycles. The Balaban J connectivity index is 2.57. The van der Waals surface area contributed by atoms with Gasteiger partial charge in [0.15, 0.2) is 0 Å². The molecule has 0 aromatic heterocycles. The fraction of sp³-hybridized carbons (Fsp3) is 0.462. The predicted octanol–water partition coefficient (Wildman–Crippen LogP) is 2.54. The van der Waals surface area contributed by atoms with Crippen molar-refractivity contribution in [2.45, 2.75) is 39.3 Å². The minimum Gasteiger partial charge on any atom is -0.374 e. The van der Waals surface area contributed by atoms with Gasteiger partial charge < -0.3 is 10.6 Å². The van der Waals surface area contributed by atoms with Crippen LogP contribution in [0.15, 0.2) is 24.3 Å². The number of halogens is 1. The van der Waals surface area contributed by atoms with Crippen LogP contribution in [0.5, 0.6) is 0 Å². The van der Waals surface area contributed by atoms with Crippen LogP contribution in [0, 0.1) is 5.82 Å². The van der Waals surface area contributed by atoms with Crippen LogP contribution >= 0.6 is 0 Å². The number of amides is 1. The van der Waals surface area contributed by atoms with Crippen LogP contribution in [0.1, 0.15) is 27.7 Å². The van der Waals surface area contributed by atoms with Crippen molar-refractivity contribution in [1.82, 2.24) is 5.32 Å². The summed E-state index contributed by atoms with van der Waals surface area (Å²) in [5.41, 5.74) is 0.471. The lowest BCUT2D eigenvalue weighted by atomic mass is 10.1. The summed E-state index contributed by atoms with van der Waals surface area (Å²) in [6.07, 6.45) is 0. The molecule has 0 bridgehead atoms. The van der Waals surface area contributed by atoms with Gasteiger partial charge >= 0.3 is 0 Å². The zero-order valence-electron chi connectivity index (χ0n) is 10.7. The van der Waals surface area contributed by atoms with Crippen LogP contribution in [0.3, 0.4) is 0 Å². The molecule has 1 unspecified atom stereocenters. The maximum atomic E-state index is 12.7. The third-order valence-electron chi connectivity index (χ3n) is 2.12. The van der Waals surface area contributed by atoms with Gasteiger partial charge in [0.25, 0.3) is 0 Å². The Morgan fingerprint density at radius 1 is 1.24 bits per heavy atom. The Bertz CT molecular complexity index is 381. The van der Waals surface area contributed by atoms with Gasteiger partial charge in [0.2, 0.25) is 5.91 Å². The summed E-state index contributed by atoms with van der Waals surface area (Å²) in [5, 5.41) is 5.89. The van der Waals surface area contributed by atoms with E-state index in [9.17, 15) is 9.18 Å². The second-order valence-corrected chi connectivity index (χ2v) is 5.11. The second kappa shape index (κ2) is 5.17. The SMILES string of the molecule is CC(Nc1ccc(F)cc1)C(=O)NC(C)(C)C. The molecule has 1 aromatic rings. The van der Waals surface area contributed by atoms with Crippen molar-refractivity contribution in [3.63, 3.8) is 0 Å². The van der Waals surface area contributed by atoms with Gasteiger partial charge in [0.05, 0.1) is 0 Å². The lowest BCUT2D eigenvalue weighted by Gasteiger charge is -2.24. The second-order valence-electron chi connectivity index (χ2n) is 5.11. The molecule has 2 N–H and O–H groups in total. The third-order valence-corrected chi connectivity index (χ3v) is 2.12.